The van der Waals surface area contributed by atoms with Gasteiger partial charge in [0.1, 0.15) is 37.1 Å². The number of hydrogen-bond donors (Lipinski definition) is 5. The molecule has 2 fully saturated rings. The molecule has 2 aliphatic heterocycles. The second-order valence-corrected chi connectivity index (χ2v) is 29.9. The third-order valence-corrected chi connectivity index (χ3v) is 18.4. The highest BCUT2D eigenvalue weighted by Gasteiger charge is 2.30. The van der Waals surface area contributed by atoms with Crippen LogP contribution in [0.4, 0.5) is 19.2 Å². The molecule has 22 nitrogen and oxygen atoms in total. The van der Waals surface area contributed by atoms with Gasteiger partial charge in [0, 0.05) is 76.2 Å². The SMILES string of the molecule is CC(C)(C)OC(=O)N[C@@H](CCN1CCOCC1)C(=O)C[C@H](CC[C@H](Cc1ccccc1)NC(=O)OCc1cncs1)Cc1ccccc1.CC(C)(C)OC(=O)N[C@@H](CCN1CCOCC1)C(=O)OCc1ccccc1.Cl.N[C@H](CC[C@H](Cc1ccccc1)NC(=O)OCc1cncs1)Cc1ccccc1. The van der Waals surface area contributed by atoms with Gasteiger partial charge in [0.15, 0.2) is 5.78 Å². The summed E-state index contributed by atoms with van der Waals surface area (Å²) in [5.74, 6) is -0.496. The second kappa shape index (κ2) is 47.3. The van der Waals surface area contributed by atoms with Gasteiger partial charge in [-0.3, -0.25) is 24.6 Å². The largest absolute Gasteiger partial charge is 0.459 e. The Morgan fingerprint density at radius 3 is 1.25 bits per heavy atom. The lowest BCUT2D eigenvalue weighted by atomic mass is 9.86. The molecule has 105 heavy (non-hydrogen) atoms. The van der Waals surface area contributed by atoms with Crippen LogP contribution in [0.25, 0.3) is 0 Å². The highest BCUT2D eigenvalue weighted by atomic mass is 35.5. The van der Waals surface area contributed by atoms with E-state index in [0.29, 0.717) is 78.0 Å². The van der Waals surface area contributed by atoms with Crippen molar-refractivity contribution in [3.05, 3.63) is 213 Å². The molecule has 25 heteroatoms. The summed E-state index contributed by atoms with van der Waals surface area (Å²) in [6.45, 7) is 18.6. The number of rotatable bonds is 34. The fourth-order valence-electron chi connectivity index (χ4n) is 11.7. The van der Waals surface area contributed by atoms with Crippen LogP contribution in [-0.4, -0.2) is 163 Å². The minimum Gasteiger partial charge on any atom is -0.459 e. The average Bonchev–Trinajstić information content (AvgIpc) is 1.08. The number of carbonyl (C=O) groups excluding carboxylic acids is 6. The lowest BCUT2D eigenvalue weighted by Gasteiger charge is -2.29. The maximum atomic E-state index is 14.0. The summed E-state index contributed by atoms with van der Waals surface area (Å²) in [6.07, 6.45) is 8.37. The van der Waals surface area contributed by atoms with E-state index < -0.39 is 53.6 Å². The minimum atomic E-state index is -0.758. The van der Waals surface area contributed by atoms with Crippen LogP contribution in [0.1, 0.15) is 124 Å². The van der Waals surface area contributed by atoms with Crippen LogP contribution >= 0.6 is 35.1 Å². The average molecular weight is 1500 g/mol. The fourth-order valence-corrected chi connectivity index (χ4v) is 12.7. The van der Waals surface area contributed by atoms with E-state index in [4.69, 9.17) is 38.9 Å². The number of esters is 1. The van der Waals surface area contributed by atoms with Crippen molar-refractivity contribution in [3.63, 3.8) is 0 Å². The van der Waals surface area contributed by atoms with E-state index in [0.717, 1.165) is 78.3 Å². The number of Topliss-reactive ketones (excluding diaryl/α,β-unsaturated/α-hetero) is 1. The lowest BCUT2D eigenvalue weighted by Crippen LogP contribution is -2.47. The van der Waals surface area contributed by atoms with Crippen LogP contribution in [0.15, 0.2) is 175 Å². The first-order valence-corrected chi connectivity index (χ1v) is 37.8. The molecule has 2 aromatic heterocycles. The smallest absolute Gasteiger partial charge is 0.408 e. The van der Waals surface area contributed by atoms with Gasteiger partial charge in [0.2, 0.25) is 0 Å². The molecule has 5 aromatic carbocycles. The van der Waals surface area contributed by atoms with Crippen LogP contribution in [0.2, 0.25) is 0 Å². The summed E-state index contributed by atoms with van der Waals surface area (Å²) >= 11 is 2.91. The molecule has 0 aliphatic carbocycles. The number of carbonyl (C=O) groups is 6. The number of amides is 4. The van der Waals surface area contributed by atoms with Crippen molar-refractivity contribution in [1.29, 1.82) is 0 Å². The predicted octanol–water partition coefficient (Wildman–Crippen LogP) is 13.3. The number of nitrogens with one attached hydrogen (secondary N) is 4. The van der Waals surface area contributed by atoms with Crippen LogP contribution < -0.4 is 27.0 Å². The molecule has 0 unspecified atom stereocenters. The maximum Gasteiger partial charge on any atom is 0.408 e. The van der Waals surface area contributed by atoms with Crippen LogP contribution in [0, 0.1) is 5.92 Å². The van der Waals surface area contributed by atoms with E-state index in [1.54, 1.807) is 44.2 Å². The number of ether oxygens (including phenoxy) is 7. The normalized spacial score (nSPS) is 14.9. The molecule has 0 spiro atoms. The number of benzene rings is 5. The summed E-state index contributed by atoms with van der Waals surface area (Å²) < 4.78 is 37.9. The first kappa shape index (κ1) is 85.6. The highest BCUT2D eigenvalue weighted by Crippen LogP contribution is 2.24. The first-order chi connectivity index (χ1) is 50.1. The number of halogens is 1. The summed E-state index contributed by atoms with van der Waals surface area (Å²) in [7, 11) is 0. The van der Waals surface area contributed by atoms with E-state index in [2.05, 4.69) is 77.4 Å². The van der Waals surface area contributed by atoms with Gasteiger partial charge < -0.3 is 60.2 Å². The molecule has 0 radical (unpaired) electrons. The van der Waals surface area contributed by atoms with Crippen molar-refractivity contribution >= 4 is 71.2 Å². The zero-order chi connectivity index (χ0) is 74.2. The zero-order valence-electron chi connectivity index (χ0n) is 61.6. The monoisotopic (exact) mass is 1500 g/mol. The molecule has 6 atom stereocenters. The van der Waals surface area contributed by atoms with E-state index >= 15 is 0 Å². The second-order valence-electron chi connectivity index (χ2n) is 28.0. The summed E-state index contributed by atoms with van der Waals surface area (Å²) in [5.41, 5.74) is 14.0. The number of nitrogens with zero attached hydrogens (tertiary/aromatic N) is 4. The fraction of sp³-hybridized carbons (Fsp3) is 0.475. The predicted molar refractivity (Wildman–Crippen MR) is 412 cm³/mol. The molecule has 570 valence electrons. The van der Waals surface area contributed by atoms with Crippen LogP contribution in [0.3, 0.4) is 0 Å². The minimum absolute atomic E-state index is 0. The standard InChI is InChI=1S/C37H50N4O6S.C23H27N3O2S.C20H30N2O5.ClH/c1-37(2,3)47-36(44)40-33(16-17-41-18-20-45-21-19-41)34(42)24-30(22-28-10-6-4-7-11-28)14-15-31(23-29-12-8-5-9-13-29)39-35(43)46-26-32-25-38-27-48-32;24-20(13-18-7-3-1-4-8-18)11-12-21(14-19-9-5-2-6-10-19)26-23(27)28-16-22-15-25-17-29-22;1-20(2,3)27-19(24)21-17(9-10-22-11-13-25-14-12-22)18(23)26-15-16-7-5-4-6-8-16;/h4-13,25,27,30-31,33H,14-24,26H2,1-3H3,(H,39,43)(H,40,44);1-10,15,17,20-21H,11-14,16,24H2,(H,26,27);4-8,17H,9-15H2,1-3H3,(H,21,24);1H/t30-,31-,33+;20-,21-;17-;/m110./s1. The number of thiazole rings is 2. The molecular weight excluding hydrogens is 1390 g/mol. The molecule has 2 aliphatic rings. The van der Waals surface area contributed by atoms with Gasteiger partial charge in [-0.2, -0.15) is 0 Å². The summed E-state index contributed by atoms with van der Waals surface area (Å²) in [6, 6.07) is 48.4. The Bertz CT molecular complexity index is 3540. The van der Waals surface area contributed by atoms with E-state index in [1.165, 1.54) is 33.8 Å². The molecule has 6 N–H and O–H groups in total. The Morgan fingerprint density at radius 2 is 0.838 bits per heavy atom. The van der Waals surface area contributed by atoms with Crippen molar-refractivity contribution in [2.45, 2.75) is 173 Å². The van der Waals surface area contributed by atoms with E-state index in [1.807, 2.05) is 136 Å². The van der Waals surface area contributed by atoms with Crippen molar-refractivity contribution in [1.82, 2.24) is 41.0 Å². The molecule has 0 saturated carbocycles. The Morgan fingerprint density at radius 1 is 0.457 bits per heavy atom. The number of morpholine rings is 2. The van der Waals surface area contributed by atoms with Gasteiger partial charge in [0.25, 0.3) is 0 Å². The number of alkyl carbamates (subject to hydrolysis) is 4. The van der Waals surface area contributed by atoms with Crippen molar-refractivity contribution in [2.24, 2.45) is 11.7 Å². The summed E-state index contributed by atoms with van der Waals surface area (Å²) in [4.78, 5) is 91.0. The Kier molecular flexibility index (Phi) is 38.5. The first-order valence-electron chi connectivity index (χ1n) is 36.0. The third kappa shape index (κ3) is 37.0. The number of aromatic nitrogens is 2. The Labute approximate surface area is 634 Å². The maximum absolute atomic E-state index is 14.0. The molecule has 7 aromatic rings. The Balaban J connectivity index is 0.000000261. The molecule has 2 saturated heterocycles. The molecular formula is C80H108ClN9O13S2. The van der Waals surface area contributed by atoms with Crippen molar-refractivity contribution < 1.29 is 61.9 Å². The van der Waals surface area contributed by atoms with Gasteiger partial charge in [-0.25, -0.2) is 24.0 Å². The van der Waals surface area contributed by atoms with Gasteiger partial charge in [-0.1, -0.05) is 152 Å². The number of nitrogens with two attached hydrogens (primary N) is 1. The van der Waals surface area contributed by atoms with E-state index in [9.17, 15) is 28.8 Å². The Hall–Kier alpha value is -8.33. The lowest BCUT2D eigenvalue weighted by molar-refractivity contribution is -0.147. The van der Waals surface area contributed by atoms with Gasteiger partial charge in [-0.15, -0.1) is 35.1 Å². The quantitative estimate of drug-likeness (QED) is 0.0185. The van der Waals surface area contributed by atoms with Gasteiger partial charge >= 0.3 is 30.3 Å². The highest BCUT2D eigenvalue weighted by molar-refractivity contribution is 7.09. The third-order valence-electron chi connectivity index (χ3n) is 16.9. The van der Waals surface area contributed by atoms with Gasteiger partial charge in [0.05, 0.1) is 53.2 Å². The van der Waals surface area contributed by atoms with Crippen LogP contribution in [-0.2, 0) is 88.3 Å². The van der Waals surface area contributed by atoms with Crippen molar-refractivity contribution in [2.75, 3.05) is 65.7 Å². The molecule has 0 bridgehead atoms. The number of ketones is 1. The van der Waals surface area contributed by atoms with Crippen molar-refractivity contribution in [3.8, 4) is 0 Å². The topological polar surface area (TPSA) is 273 Å². The zero-order valence-corrected chi connectivity index (χ0v) is 64.0. The van der Waals surface area contributed by atoms with Gasteiger partial charge in [-0.05, 0) is 139 Å². The number of hydrogen-bond acceptors (Lipinski definition) is 20. The van der Waals surface area contributed by atoms with E-state index in [-0.39, 0.29) is 68.5 Å². The molecule has 9 rings (SSSR count). The van der Waals surface area contributed by atoms with Crippen LogP contribution in [0.5, 0.6) is 0 Å². The molecule has 4 heterocycles. The molecule has 4 amide bonds. The summed E-state index contributed by atoms with van der Waals surface area (Å²) in [5, 5.41) is 11.6.